The Kier molecular flexibility index (Phi) is 8.08. The number of hydrogen-bond acceptors (Lipinski definition) is 4. The van der Waals surface area contributed by atoms with Gasteiger partial charge in [-0.3, -0.25) is 0 Å². The number of aliphatic carboxylic acids is 1. The maximum atomic E-state index is 14.9. The molecule has 0 aliphatic rings. The van der Waals surface area contributed by atoms with E-state index in [1.54, 1.807) is 17.0 Å². The third-order valence-corrected chi connectivity index (χ3v) is 7.02. The zero-order valence-electron chi connectivity index (χ0n) is 21.7. The van der Waals surface area contributed by atoms with Crippen LogP contribution in [0.15, 0.2) is 84.4 Å². The Balaban J connectivity index is 1.63. The second-order valence-corrected chi connectivity index (χ2v) is 11.0. The van der Waals surface area contributed by atoms with Crippen LogP contribution in [0, 0.1) is 23.0 Å². The van der Waals surface area contributed by atoms with Crippen molar-refractivity contribution < 1.29 is 18.7 Å². The predicted octanol–water partition coefficient (Wildman–Crippen LogP) is 8.96. The molecule has 0 bridgehead atoms. The van der Waals surface area contributed by atoms with Gasteiger partial charge >= 0.3 is 5.97 Å². The van der Waals surface area contributed by atoms with E-state index in [9.17, 15) is 13.6 Å². The van der Waals surface area contributed by atoms with E-state index in [4.69, 9.17) is 10.4 Å². The molecule has 196 valence electrons. The Morgan fingerprint density at radius 2 is 1.51 bits per heavy atom. The van der Waals surface area contributed by atoms with Crippen molar-refractivity contribution in [1.82, 2.24) is 0 Å². The summed E-state index contributed by atoms with van der Waals surface area (Å²) >= 11 is 1.36. The number of carboxylic acid groups (broad SMARTS) is 1. The molecule has 39 heavy (non-hydrogen) atoms. The highest BCUT2D eigenvalue weighted by Crippen LogP contribution is 2.37. The first-order valence-electron chi connectivity index (χ1n) is 12.1. The van der Waals surface area contributed by atoms with Crippen molar-refractivity contribution in [3.63, 3.8) is 0 Å². The molecule has 1 N–H and O–H groups in total. The molecule has 7 heteroatoms. The molecule has 0 fully saturated rings. The van der Waals surface area contributed by atoms with Gasteiger partial charge in [0.15, 0.2) is 0 Å². The fourth-order valence-electron chi connectivity index (χ4n) is 3.93. The molecule has 0 saturated carbocycles. The molecule has 0 amide bonds. The van der Waals surface area contributed by atoms with E-state index in [-0.39, 0.29) is 16.7 Å². The molecule has 0 unspecified atom stereocenters. The molecule has 0 aliphatic heterocycles. The number of carbonyl (C=O) groups is 1. The molecular formula is C32H26F2N2O2S. The van der Waals surface area contributed by atoms with Crippen LogP contribution < -0.4 is 4.90 Å². The van der Waals surface area contributed by atoms with Crippen LogP contribution in [-0.2, 0) is 10.2 Å². The number of halogens is 2. The summed E-state index contributed by atoms with van der Waals surface area (Å²) in [5.41, 5.74) is 3.38. The summed E-state index contributed by atoms with van der Waals surface area (Å²) in [5, 5.41) is 18.0. The molecule has 0 aliphatic carbocycles. The van der Waals surface area contributed by atoms with E-state index < -0.39 is 17.6 Å². The summed E-state index contributed by atoms with van der Waals surface area (Å²) in [7, 11) is 0. The number of anilines is 3. The average Bonchev–Trinajstić information content (AvgIpc) is 3.35. The highest BCUT2D eigenvalue weighted by atomic mass is 32.1. The number of nitrogens with zero attached hydrogens (tertiary/aromatic N) is 2. The van der Waals surface area contributed by atoms with Gasteiger partial charge < -0.3 is 10.0 Å². The monoisotopic (exact) mass is 540 g/mol. The topological polar surface area (TPSA) is 64.3 Å². The summed E-state index contributed by atoms with van der Waals surface area (Å²) in [6.07, 6.45) is 5.15. The normalized spacial score (nSPS) is 11.9. The van der Waals surface area contributed by atoms with Crippen molar-refractivity contribution in [3.8, 4) is 6.07 Å². The number of carboxylic acids is 1. The quantitative estimate of drug-likeness (QED) is 0.188. The van der Waals surface area contributed by atoms with Crippen LogP contribution in [0.25, 0.3) is 18.2 Å². The Hall–Kier alpha value is -4.54. The highest BCUT2D eigenvalue weighted by Gasteiger charge is 2.19. The van der Waals surface area contributed by atoms with Crippen LogP contribution in [-0.4, -0.2) is 11.1 Å². The highest BCUT2D eigenvalue weighted by molar-refractivity contribution is 7.13. The third kappa shape index (κ3) is 6.67. The lowest BCUT2D eigenvalue weighted by atomic mass is 9.87. The smallest absolute Gasteiger partial charge is 0.346 e. The van der Waals surface area contributed by atoms with Crippen LogP contribution in [0.5, 0.6) is 0 Å². The van der Waals surface area contributed by atoms with E-state index >= 15 is 0 Å². The summed E-state index contributed by atoms with van der Waals surface area (Å²) in [4.78, 5) is 14.4. The van der Waals surface area contributed by atoms with E-state index in [0.717, 1.165) is 27.8 Å². The van der Waals surface area contributed by atoms with Gasteiger partial charge in [-0.25, -0.2) is 13.6 Å². The zero-order chi connectivity index (χ0) is 28.2. The van der Waals surface area contributed by atoms with E-state index in [2.05, 4.69) is 20.8 Å². The number of hydrogen-bond donors (Lipinski definition) is 1. The summed E-state index contributed by atoms with van der Waals surface area (Å²) < 4.78 is 28.6. The Morgan fingerprint density at radius 1 is 0.897 bits per heavy atom. The standard InChI is InChI=1S/C32H26F2N2O2S/c1-32(2,3)23-7-12-26(13-8-23)36(30-17-9-24(33)19-29(30)34)25-10-4-21(5-11-25)6-14-27-15-16-28(39-27)18-22(20-35)31(37)38/h4-19H,1-3H3,(H,37,38)/b14-6+,22-18-. The van der Waals surface area contributed by atoms with E-state index in [0.29, 0.717) is 10.6 Å². The lowest BCUT2D eigenvalue weighted by Gasteiger charge is -2.27. The Labute approximate surface area is 230 Å². The van der Waals surface area contributed by atoms with Gasteiger partial charge in [0.05, 0.1) is 5.69 Å². The van der Waals surface area contributed by atoms with Crippen LogP contribution in [0.2, 0.25) is 0 Å². The first kappa shape index (κ1) is 27.5. The average molecular weight is 541 g/mol. The second-order valence-electron chi connectivity index (χ2n) is 9.87. The Morgan fingerprint density at radius 3 is 2.08 bits per heavy atom. The van der Waals surface area contributed by atoms with Crippen LogP contribution in [0.3, 0.4) is 0 Å². The van der Waals surface area contributed by atoms with Crippen molar-refractivity contribution in [3.05, 3.63) is 117 Å². The summed E-state index contributed by atoms with van der Waals surface area (Å²) in [5.74, 6) is -2.56. The maximum absolute atomic E-state index is 14.9. The van der Waals surface area contributed by atoms with Crippen molar-refractivity contribution in [2.75, 3.05) is 4.90 Å². The van der Waals surface area contributed by atoms with Crippen LogP contribution in [0.4, 0.5) is 25.8 Å². The largest absolute Gasteiger partial charge is 0.477 e. The van der Waals surface area contributed by atoms with E-state index in [1.807, 2.05) is 66.7 Å². The van der Waals surface area contributed by atoms with Gasteiger partial charge in [0.2, 0.25) is 0 Å². The molecule has 1 aromatic heterocycles. The summed E-state index contributed by atoms with van der Waals surface area (Å²) in [6.45, 7) is 6.37. The molecule has 0 radical (unpaired) electrons. The first-order chi connectivity index (χ1) is 18.5. The van der Waals surface area contributed by atoms with Gasteiger partial charge in [0, 0.05) is 27.2 Å². The third-order valence-electron chi connectivity index (χ3n) is 6.02. The van der Waals surface area contributed by atoms with Crippen LogP contribution >= 0.6 is 11.3 Å². The molecule has 0 spiro atoms. The molecule has 1 heterocycles. The van der Waals surface area contributed by atoms with Gasteiger partial charge in [-0.05, 0) is 77.2 Å². The molecule has 3 aromatic carbocycles. The van der Waals surface area contributed by atoms with Crippen LogP contribution in [0.1, 0.15) is 41.7 Å². The lowest BCUT2D eigenvalue weighted by Crippen LogP contribution is -2.14. The molecule has 4 rings (SSSR count). The minimum Gasteiger partial charge on any atom is -0.477 e. The predicted molar refractivity (Wildman–Crippen MR) is 154 cm³/mol. The Bertz CT molecular complexity index is 1590. The number of benzene rings is 3. The zero-order valence-corrected chi connectivity index (χ0v) is 22.5. The fourth-order valence-corrected chi connectivity index (χ4v) is 4.79. The minimum absolute atomic E-state index is 0.0354. The SMILES string of the molecule is CC(C)(C)c1ccc(N(c2ccc(/C=C/c3ccc(/C=C(/C#N)C(=O)O)s3)cc2)c2ccc(F)cc2F)cc1. The van der Waals surface area contributed by atoms with Gasteiger partial charge in [0.25, 0.3) is 0 Å². The molecular weight excluding hydrogens is 514 g/mol. The molecule has 0 atom stereocenters. The van der Waals surface area contributed by atoms with Gasteiger partial charge in [-0.1, -0.05) is 51.1 Å². The number of rotatable bonds is 7. The van der Waals surface area contributed by atoms with Crippen molar-refractivity contribution in [2.24, 2.45) is 0 Å². The van der Waals surface area contributed by atoms with Crippen molar-refractivity contribution >= 4 is 52.6 Å². The molecule has 4 aromatic rings. The number of thiophene rings is 1. The molecule has 0 saturated heterocycles. The minimum atomic E-state index is -1.26. The first-order valence-corrected chi connectivity index (χ1v) is 13.0. The van der Waals surface area contributed by atoms with Gasteiger partial charge in [-0.2, -0.15) is 5.26 Å². The van der Waals surface area contributed by atoms with Gasteiger partial charge in [0.1, 0.15) is 23.3 Å². The van der Waals surface area contributed by atoms with Crippen molar-refractivity contribution in [2.45, 2.75) is 26.2 Å². The van der Waals surface area contributed by atoms with E-state index in [1.165, 1.54) is 29.5 Å². The number of nitriles is 1. The summed E-state index contributed by atoms with van der Waals surface area (Å²) in [6, 6.07) is 24.3. The molecule has 4 nitrogen and oxygen atoms in total. The second kappa shape index (κ2) is 11.5. The fraction of sp³-hybridized carbons (Fsp3) is 0.125. The lowest BCUT2D eigenvalue weighted by molar-refractivity contribution is -0.132. The van der Waals surface area contributed by atoms with Crippen molar-refractivity contribution in [1.29, 1.82) is 5.26 Å². The maximum Gasteiger partial charge on any atom is 0.346 e. The van der Waals surface area contributed by atoms with Gasteiger partial charge in [-0.15, -0.1) is 11.3 Å².